The molecular formula is C15H20N6O. The van der Waals surface area contributed by atoms with Crippen LogP contribution in [0.2, 0.25) is 0 Å². The predicted molar refractivity (Wildman–Crippen MR) is 83.4 cm³/mol. The first-order valence-corrected chi connectivity index (χ1v) is 7.28. The standard InChI is InChI=1S/C15H20N6O/c1-19-9-10-21(11-13(19)14-17-7-8-20(14)2)15(22)18-12-3-5-16-6-4-12/h3-8,13H,9-11H2,1-2H3,(H,16,18,22). The number of nitrogens with zero attached hydrogens (tertiary/aromatic N) is 5. The molecular weight excluding hydrogens is 280 g/mol. The summed E-state index contributed by atoms with van der Waals surface area (Å²) in [5, 5.41) is 2.91. The quantitative estimate of drug-likeness (QED) is 0.909. The van der Waals surface area contributed by atoms with Gasteiger partial charge in [0.05, 0.1) is 6.04 Å². The molecule has 116 valence electrons. The number of piperazine rings is 1. The van der Waals surface area contributed by atoms with Crippen LogP contribution in [0.15, 0.2) is 36.9 Å². The van der Waals surface area contributed by atoms with Crippen molar-refractivity contribution in [2.24, 2.45) is 7.05 Å². The van der Waals surface area contributed by atoms with Crippen molar-refractivity contribution in [3.8, 4) is 0 Å². The van der Waals surface area contributed by atoms with Crippen molar-refractivity contribution in [1.29, 1.82) is 0 Å². The highest BCUT2D eigenvalue weighted by atomic mass is 16.2. The van der Waals surface area contributed by atoms with Crippen LogP contribution in [0.1, 0.15) is 11.9 Å². The molecule has 7 heteroatoms. The third-order valence-electron chi connectivity index (χ3n) is 4.02. The Hall–Kier alpha value is -2.41. The lowest BCUT2D eigenvalue weighted by Gasteiger charge is -2.38. The number of hydrogen-bond acceptors (Lipinski definition) is 4. The maximum absolute atomic E-state index is 12.4. The molecule has 3 heterocycles. The van der Waals surface area contributed by atoms with Gasteiger partial charge >= 0.3 is 6.03 Å². The largest absolute Gasteiger partial charge is 0.337 e. The Kier molecular flexibility index (Phi) is 4.06. The summed E-state index contributed by atoms with van der Waals surface area (Å²) in [4.78, 5) is 24.9. The van der Waals surface area contributed by atoms with Crippen LogP contribution >= 0.6 is 0 Å². The summed E-state index contributed by atoms with van der Waals surface area (Å²) >= 11 is 0. The molecule has 3 rings (SSSR count). The molecule has 1 aliphatic heterocycles. The zero-order valence-corrected chi connectivity index (χ0v) is 12.8. The van der Waals surface area contributed by atoms with Crippen molar-refractivity contribution in [2.45, 2.75) is 6.04 Å². The van der Waals surface area contributed by atoms with Crippen LogP contribution in [0.4, 0.5) is 10.5 Å². The molecule has 1 unspecified atom stereocenters. The number of imidazole rings is 1. The Balaban J connectivity index is 1.70. The number of aromatic nitrogens is 3. The molecule has 1 saturated heterocycles. The van der Waals surface area contributed by atoms with Crippen molar-refractivity contribution in [1.82, 2.24) is 24.3 Å². The smallest absolute Gasteiger partial charge is 0.321 e. The molecule has 1 N–H and O–H groups in total. The Labute approximate surface area is 129 Å². The Morgan fingerprint density at radius 1 is 1.23 bits per heavy atom. The molecule has 0 aromatic carbocycles. The number of aryl methyl sites for hydroxylation is 1. The minimum atomic E-state index is -0.0847. The van der Waals surface area contributed by atoms with Gasteiger partial charge in [0.1, 0.15) is 5.82 Å². The number of carbonyl (C=O) groups is 1. The number of urea groups is 1. The van der Waals surface area contributed by atoms with Crippen molar-refractivity contribution in [3.63, 3.8) is 0 Å². The summed E-state index contributed by atoms with van der Waals surface area (Å²) < 4.78 is 2.01. The molecule has 0 saturated carbocycles. The maximum Gasteiger partial charge on any atom is 0.321 e. The van der Waals surface area contributed by atoms with Gasteiger partial charge in [-0.1, -0.05) is 0 Å². The first-order valence-electron chi connectivity index (χ1n) is 7.28. The van der Waals surface area contributed by atoms with Gasteiger partial charge in [-0.05, 0) is 19.2 Å². The molecule has 7 nitrogen and oxygen atoms in total. The molecule has 1 aliphatic rings. The van der Waals surface area contributed by atoms with Crippen LogP contribution in [0, 0.1) is 0 Å². The van der Waals surface area contributed by atoms with E-state index in [1.54, 1.807) is 30.7 Å². The van der Waals surface area contributed by atoms with E-state index in [9.17, 15) is 4.79 Å². The molecule has 2 amide bonds. The van der Waals surface area contributed by atoms with Gasteiger partial charge in [0.25, 0.3) is 0 Å². The second-order valence-electron chi connectivity index (χ2n) is 5.50. The number of hydrogen-bond donors (Lipinski definition) is 1. The number of anilines is 1. The lowest BCUT2D eigenvalue weighted by atomic mass is 10.1. The molecule has 22 heavy (non-hydrogen) atoms. The van der Waals surface area contributed by atoms with Crippen molar-refractivity contribution in [2.75, 3.05) is 32.0 Å². The van der Waals surface area contributed by atoms with Crippen LogP contribution in [0.5, 0.6) is 0 Å². The number of nitrogens with one attached hydrogen (secondary N) is 1. The highest BCUT2D eigenvalue weighted by Gasteiger charge is 2.30. The van der Waals surface area contributed by atoms with Crippen LogP contribution in [-0.4, -0.2) is 57.0 Å². The van der Waals surface area contributed by atoms with Gasteiger partial charge < -0.3 is 14.8 Å². The topological polar surface area (TPSA) is 66.3 Å². The van der Waals surface area contributed by atoms with E-state index in [2.05, 4.69) is 27.2 Å². The highest BCUT2D eigenvalue weighted by Crippen LogP contribution is 2.22. The van der Waals surface area contributed by atoms with Crippen LogP contribution in [0.3, 0.4) is 0 Å². The first kappa shape index (κ1) is 14.5. The van der Waals surface area contributed by atoms with Gasteiger partial charge in [-0.3, -0.25) is 9.88 Å². The average Bonchev–Trinajstić information content (AvgIpc) is 2.94. The highest BCUT2D eigenvalue weighted by molar-refractivity contribution is 5.89. The molecule has 2 aromatic rings. The fourth-order valence-electron chi connectivity index (χ4n) is 2.67. The number of likely N-dealkylation sites (N-methyl/N-ethyl adjacent to an activating group) is 1. The maximum atomic E-state index is 12.4. The lowest BCUT2D eigenvalue weighted by molar-refractivity contribution is 0.110. The van der Waals surface area contributed by atoms with Crippen LogP contribution in [-0.2, 0) is 7.05 Å². The summed E-state index contributed by atoms with van der Waals surface area (Å²) in [6, 6.07) is 3.59. The van der Waals surface area contributed by atoms with Gasteiger partial charge in [0.15, 0.2) is 0 Å². The minimum absolute atomic E-state index is 0.0847. The summed E-state index contributed by atoms with van der Waals surface area (Å²) in [7, 11) is 4.05. The number of pyridine rings is 1. The van der Waals surface area contributed by atoms with Crippen molar-refractivity contribution >= 4 is 11.7 Å². The predicted octanol–water partition coefficient (Wildman–Crippen LogP) is 1.34. The van der Waals surface area contributed by atoms with E-state index in [0.717, 1.165) is 18.1 Å². The summed E-state index contributed by atoms with van der Waals surface area (Å²) in [6.45, 7) is 2.15. The second kappa shape index (κ2) is 6.15. The summed E-state index contributed by atoms with van der Waals surface area (Å²) in [5.74, 6) is 0.976. The monoisotopic (exact) mass is 300 g/mol. The van der Waals surface area contributed by atoms with E-state index in [0.29, 0.717) is 13.1 Å². The average molecular weight is 300 g/mol. The molecule has 0 bridgehead atoms. The number of carbonyl (C=O) groups excluding carboxylic acids is 1. The van der Waals surface area contributed by atoms with E-state index in [1.165, 1.54) is 0 Å². The van der Waals surface area contributed by atoms with Gasteiger partial charge in [-0.15, -0.1) is 0 Å². The Morgan fingerprint density at radius 3 is 2.68 bits per heavy atom. The lowest BCUT2D eigenvalue weighted by Crippen LogP contribution is -2.50. The SMILES string of the molecule is CN1CCN(C(=O)Nc2ccncc2)CC1c1nccn1C. The fourth-order valence-corrected chi connectivity index (χ4v) is 2.67. The number of amides is 2. The van der Waals surface area contributed by atoms with Gasteiger partial charge in [-0.2, -0.15) is 0 Å². The summed E-state index contributed by atoms with van der Waals surface area (Å²) in [6.07, 6.45) is 7.05. The molecule has 2 aromatic heterocycles. The van der Waals surface area contributed by atoms with Crippen molar-refractivity contribution in [3.05, 3.63) is 42.7 Å². The van der Waals surface area contributed by atoms with Crippen LogP contribution in [0.25, 0.3) is 0 Å². The Bertz CT molecular complexity index is 640. The van der Waals surface area contributed by atoms with Crippen LogP contribution < -0.4 is 5.32 Å². The van der Waals surface area contributed by atoms with Crippen molar-refractivity contribution < 1.29 is 4.79 Å². The molecule has 0 spiro atoms. The van der Waals surface area contributed by atoms with E-state index in [-0.39, 0.29) is 12.1 Å². The minimum Gasteiger partial charge on any atom is -0.337 e. The normalized spacial score (nSPS) is 19.2. The molecule has 1 atom stereocenters. The fraction of sp³-hybridized carbons (Fsp3) is 0.400. The molecule has 0 radical (unpaired) electrons. The van der Waals surface area contributed by atoms with Gasteiger partial charge in [-0.25, -0.2) is 9.78 Å². The van der Waals surface area contributed by atoms with E-state index >= 15 is 0 Å². The third-order valence-corrected chi connectivity index (χ3v) is 4.02. The zero-order chi connectivity index (χ0) is 15.5. The van der Waals surface area contributed by atoms with Gasteiger partial charge in [0.2, 0.25) is 0 Å². The first-order chi connectivity index (χ1) is 10.6. The van der Waals surface area contributed by atoms with E-state index < -0.39 is 0 Å². The third kappa shape index (κ3) is 2.94. The van der Waals surface area contributed by atoms with E-state index in [4.69, 9.17) is 0 Å². The Morgan fingerprint density at radius 2 is 2.00 bits per heavy atom. The van der Waals surface area contributed by atoms with E-state index in [1.807, 2.05) is 22.7 Å². The second-order valence-corrected chi connectivity index (χ2v) is 5.50. The number of rotatable bonds is 2. The summed E-state index contributed by atoms with van der Waals surface area (Å²) in [5.41, 5.74) is 0.757. The molecule has 1 fully saturated rings. The molecule has 0 aliphatic carbocycles. The zero-order valence-electron chi connectivity index (χ0n) is 12.8. The van der Waals surface area contributed by atoms with Gasteiger partial charge in [0, 0.05) is 57.2 Å².